The molecule has 1 saturated carbocycles. The maximum Gasteiger partial charge on any atom is 0.255 e. The van der Waals surface area contributed by atoms with Gasteiger partial charge in [0.15, 0.2) is 0 Å². The highest BCUT2D eigenvalue weighted by Crippen LogP contribution is 2.41. The molecule has 3 aromatic rings. The largest absolute Gasteiger partial charge is 0.472 e. The Morgan fingerprint density at radius 1 is 1.14 bits per heavy atom. The average molecular weight is 389 g/mol. The zero-order chi connectivity index (χ0) is 20.0. The number of likely N-dealkylation sites (tertiary alicyclic amines) is 1. The third-order valence-electron chi connectivity index (χ3n) is 5.91. The number of aryl methyl sites for hydroxylation is 2. The van der Waals surface area contributed by atoms with E-state index >= 15 is 0 Å². The van der Waals surface area contributed by atoms with Gasteiger partial charge in [0.1, 0.15) is 12.4 Å². The van der Waals surface area contributed by atoms with Gasteiger partial charge in [-0.05, 0) is 50.3 Å². The predicted octanol–water partition coefficient (Wildman–Crippen LogP) is 4.04. The van der Waals surface area contributed by atoms with Gasteiger partial charge in [0.25, 0.3) is 5.91 Å². The molecule has 148 valence electrons. The molecule has 2 aliphatic rings. The molecule has 0 radical (unpaired) electrons. The minimum Gasteiger partial charge on any atom is -0.472 e. The van der Waals surface area contributed by atoms with E-state index < -0.39 is 0 Å². The molecule has 0 N–H and O–H groups in total. The van der Waals surface area contributed by atoms with Crippen LogP contribution in [0.25, 0.3) is 11.5 Å². The second-order valence-corrected chi connectivity index (χ2v) is 8.08. The Labute approximate surface area is 169 Å². The number of ether oxygens (including phenoxy) is 1. The number of fused-ring (bicyclic) bond motifs is 2. The van der Waals surface area contributed by atoms with Crippen LogP contribution in [0.3, 0.4) is 0 Å². The molecular weight excluding hydrogens is 366 g/mol. The molecule has 1 saturated heterocycles. The Balaban J connectivity index is 1.41. The van der Waals surface area contributed by atoms with Gasteiger partial charge in [-0.3, -0.25) is 4.79 Å². The summed E-state index contributed by atoms with van der Waals surface area (Å²) in [6, 6.07) is 9.76. The topological polar surface area (TPSA) is 68.5 Å². The fourth-order valence-corrected chi connectivity index (χ4v) is 4.54. The standard InChI is InChI=1S/C23H23N3O3/c1-14-3-5-17(22-24-7-8-28-22)18(9-14)23(27)26-13-16-10-19(26)20(11-16)29-21-6-4-15(2)12-25-21/h3-9,12,16,19-20H,10-11,13H2,1-2H3. The fourth-order valence-electron chi connectivity index (χ4n) is 4.54. The number of oxazole rings is 1. The summed E-state index contributed by atoms with van der Waals surface area (Å²) >= 11 is 0. The van der Waals surface area contributed by atoms with Crippen molar-refractivity contribution in [2.45, 2.75) is 38.8 Å². The van der Waals surface area contributed by atoms with Crippen LogP contribution in [0.1, 0.15) is 34.3 Å². The highest BCUT2D eigenvalue weighted by molar-refractivity contribution is 6.00. The van der Waals surface area contributed by atoms with Crippen molar-refractivity contribution in [3.63, 3.8) is 0 Å². The molecule has 29 heavy (non-hydrogen) atoms. The number of hydrogen-bond acceptors (Lipinski definition) is 5. The quantitative estimate of drug-likeness (QED) is 0.674. The maximum absolute atomic E-state index is 13.5. The third kappa shape index (κ3) is 3.28. The molecule has 5 rings (SSSR count). The van der Waals surface area contributed by atoms with E-state index in [1.54, 1.807) is 12.4 Å². The Bertz CT molecular complexity index is 1030. The molecule has 2 bridgehead atoms. The van der Waals surface area contributed by atoms with Crippen LogP contribution in [0.15, 0.2) is 53.4 Å². The molecule has 1 aliphatic carbocycles. The summed E-state index contributed by atoms with van der Waals surface area (Å²) in [5, 5.41) is 0. The number of rotatable bonds is 4. The van der Waals surface area contributed by atoms with Gasteiger partial charge in [-0.25, -0.2) is 9.97 Å². The summed E-state index contributed by atoms with van der Waals surface area (Å²) in [4.78, 5) is 24.1. The number of aromatic nitrogens is 2. The normalized spacial score (nSPS) is 22.8. The predicted molar refractivity (Wildman–Crippen MR) is 108 cm³/mol. The van der Waals surface area contributed by atoms with E-state index in [4.69, 9.17) is 9.15 Å². The molecule has 0 spiro atoms. The van der Waals surface area contributed by atoms with E-state index in [1.165, 1.54) is 6.26 Å². The first-order chi connectivity index (χ1) is 14.1. The number of carbonyl (C=O) groups is 1. The summed E-state index contributed by atoms with van der Waals surface area (Å²) in [6.07, 6.45) is 6.84. The second-order valence-electron chi connectivity index (χ2n) is 8.08. The minimum absolute atomic E-state index is 0.0135. The van der Waals surface area contributed by atoms with E-state index in [2.05, 4.69) is 9.97 Å². The van der Waals surface area contributed by atoms with E-state index in [0.29, 0.717) is 23.3 Å². The lowest BCUT2D eigenvalue weighted by atomic mass is 10.0. The number of benzene rings is 1. The number of nitrogens with zero attached hydrogens (tertiary/aromatic N) is 3. The maximum atomic E-state index is 13.5. The van der Waals surface area contributed by atoms with Crippen LogP contribution in [0.5, 0.6) is 5.88 Å². The molecule has 6 nitrogen and oxygen atoms in total. The Morgan fingerprint density at radius 2 is 2.00 bits per heavy atom. The zero-order valence-corrected chi connectivity index (χ0v) is 16.5. The number of carbonyl (C=O) groups excluding carboxylic acids is 1. The molecule has 3 heterocycles. The molecule has 1 amide bonds. The van der Waals surface area contributed by atoms with E-state index in [0.717, 1.165) is 36.1 Å². The zero-order valence-electron chi connectivity index (χ0n) is 16.5. The number of piperidine rings is 1. The Kier molecular flexibility index (Phi) is 4.34. The fraction of sp³-hybridized carbons (Fsp3) is 0.348. The first-order valence-electron chi connectivity index (χ1n) is 9.99. The van der Waals surface area contributed by atoms with Crippen molar-refractivity contribution in [1.82, 2.24) is 14.9 Å². The molecule has 3 unspecified atom stereocenters. The minimum atomic E-state index is -0.0251. The van der Waals surface area contributed by atoms with Gasteiger partial charge in [-0.1, -0.05) is 17.7 Å². The number of amides is 1. The average Bonchev–Trinajstić information content (AvgIpc) is 3.46. The van der Waals surface area contributed by atoms with Crippen molar-refractivity contribution in [3.05, 3.63) is 65.7 Å². The molecular formula is C23H23N3O3. The van der Waals surface area contributed by atoms with Gasteiger partial charge in [-0.2, -0.15) is 0 Å². The molecule has 6 heteroatoms. The highest BCUT2D eigenvalue weighted by Gasteiger charge is 2.48. The highest BCUT2D eigenvalue weighted by atomic mass is 16.5. The van der Waals surface area contributed by atoms with Gasteiger partial charge >= 0.3 is 0 Å². The lowest BCUT2D eigenvalue weighted by Crippen LogP contribution is -2.47. The summed E-state index contributed by atoms with van der Waals surface area (Å²) < 4.78 is 11.6. The SMILES string of the molecule is Cc1ccc(OC2CC3CC2N(C(=O)c2cc(C)ccc2-c2ncco2)C3)nc1. The van der Waals surface area contributed by atoms with Crippen molar-refractivity contribution in [2.75, 3.05) is 6.54 Å². The molecule has 1 aromatic carbocycles. The molecule has 2 aromatic heterocycles. The van der Waals surface area contributed by atoms with Crippen LogP contribution in [0.4, 0.5) is 0 Å². The van der Waals surface area contributed by atoms with E-state index in [9.17, 15) is 4.79 Å². The molecule has 3 atom stereocenters. The van der Waals surface area contributed by atoms with Gasteiger partial charge in [0.2, 0.25) is 11.8 Å². The second kappa shape index (κ2) is 7.03. The van der Waals surface area contributed by atoms with E-state index in [-0.39, 0.29) is 18.1 Å². The van der Waals surface area contributed by atoms with Crippen molar-refractivity contribution >= 4 is 5.91 Å². The van der Waals surface area contributed by atoms with Crippen molar-refractivity contribution in [2.24, 2.45) is 5.92 Å². The summed E-state index contributed by atoms with van der Waals surface area (Å²) in [7, 11) is 0. The first-order valence-corrected chi connectivity index (χ1v) is 9.99. The van der Waals surface area contributed by atoms with Crippen molar-refractivity contribution in [3.8, 4) is 17.3 Å². The smallest absolute Gasteiger partial charge is 0.255 e. The van der Waals surface area contributed by atoms with E-state index in [1.807, 2.05) is 49.1 Å². The van der Waals surface area contributed by atoms with Gasteiger partial charge < -0.3 is 14.1 Å². The van der Waals surface area contributed by atoms with Crippen LogP contribution in [-0.2, 0) is 0 Å². The first kappa shape index (κ1) is 17.9. The lowest BCUT2D eigenvalue weighted by molar-refractivity contribution is 0.0467. The lowest BCUT2D eigenvalue weighted by Gasteiger charge is -2.33. The summed E-state index contributed by atoms with van der Waals surface area (Å²) in [5.74, 6) is 1.57. The molecule has 2 fully saturated rings. The van der Waals surface area contributed by atoms with Crippen LogP contribution >= 0.6 is 0 Å². The van der Waals surface area contributed by atoms with Gasteiger partial charge in [-0.15, -0.1) is 0 Å². The summed E-state index contributed by atoms with van der Waals surface area (Å²) in [6.45, 7) is 4.76. The van der Waals surface area contributed by atoms with Crippen molar-refractivity contribution in [1.29, 1.82) is 0 Å². The monoisotopic (exact) mass is 389 g/mol. The van der Waals surface area contributed by atoms with Crippen molar-refractivity contribution < 1.29 is 13.9 Å². The van der Waals surface area contributed by atoms with Gasteiger partial charge in [0, 0.05) is 24.4 Å². The number of pyridine rings is 1. The Hall–Kier alpha value is -3.15. The van der Waals surface area contributed by atoms with Crippen LogP contribution < -0.4 is 4.74 Å². The Morgan fingerprint density at radius 3 is 2.72 bits per heavy atom. The van der Waals surface area contributed by atoms with Gasteiger partial charge in [0.05, 0.1) is 17.8 Å². The number of hydrogen-bond donors (Lipinski definition) is 0. The van der Waals surface area contributed by atoms with Crippen LogP contribution in [0, 0.1) is 19.8 Å². The van der Waals surface area contributed by atoms with Crippen LogP contribution in [-0.4, -0.2) is 39.5 Å². The van der Waals surface area contributed by atoms with Crippen LogP contribution in [0.2, 0.25) is 0 Å². The third-order valence-corrected chi connectivity index (χ3v) is 5.91. The molecule has 1 aliphatic heterocycles. The summed E-state index contributed by atoms with van der Waals surface area (Å²) in [5.41, 5.74) is 3.49.